The number of benzene rings is 8. The van der Waals surface area contributed by atoms with E-state index in [0.717, 1.165) is 33.9 Å². The van der Waals surface area contributed by atoms with E-state index in [1.165, 1.54) is 74.5 Å². The second-order valence-corrected chi connectivity index (χ2v) is 17.0. The Bertz CT molecular complexity index is 3170. The van der Waals surface area contributed by atoms with Crippen molar-refractivity contribution in [1.29, 1.82) is 0 Å². The molecule has 0 saturated heterocycles. The van der Waals surface area contributed by atoms with E-state index < -0.39 is 5.41 Å². The number of nitrogens with zero attached hydrogens (tertiary/aromatic N) is 2. The van der Waals surface area contributed by atoms with Crippen molar-refractivity contribution in [2.45, 2.75) is 15.2 Å². The van der Waals surface area contributed by atoms with Gasteiger partial charge in [-0.15, -0.1) is 11.3 Å². The highest BCUT2D eigenvalue weighted by Crippen LogP contribution is 2.63. The molecular formula is C53H32N2S2. The van der Waals surface area contributed by atoms with Crippen LogP contribution >= 0.6 is 23.1 Å². The fraction of sp³-hybridized carbons (Fsp3) is 0.0189. The molecule has 57 heavy (non-hydrogen) atoms. The molecule has 2 nitrogen and oxygen atoms in total. The summed E-state index contributed by atoms with van der Waals surface area (Å²) in [6.45, 7) is 0. The summed E-state index contributed by atoms with van der Waals surface area (Å²) in [5, 5.41) is 2.58. The molecule has 1 aliphatic carbocycles. The van der Waals surface area contributed by atoms with Crippen molar-refractivity contribution < 1.29 is 0 Å². The number of rotatable bonds is 4. The molecular weight excluding hydrogens is 729 g/mol. The topological polar surface area (TPSA) is 25.8 Å². The van der Waals surface area contributed by atoms with Crippen molar-refractivity contribution in [2.24, 2.45) is 0 Å². The molecule has 2 aliphatic rings. The number of fused-ring (bicyclic) bond motifs is 12. The van der Waals surface area contributed by atoms with Crippen LogP contribution in [-0.4, -0.2) is 9.97 Å². The predicted molar refractivity (Wildman–Crippen MR) is 238 cm³/mol. The summed E-state index contributed by atoms with van der Waals surface area (Å²) in [6.07, 6.45) is 0. The van der Waals surface area contributed by atoms with Gasteiger partial charge in [0.2, 0.25) is 0 Å². The molecule has 8 aromatic carbocycles. The first-order valence-electron chi connectivity index (χ1n) is 19.3. The highest BCUT2D eigenvalue weighted by molar-refractivity contribution is 7.99. The SMILES string of the molecule is c1ccc(-c2nc(-c3ccc(-c4cccc5c4Sc4ccccc4C54c5ccccc5-c5ccccc54)cc3)cc(-c3ccc4c(c3)sc3ccccc34)n2)cc1. The minimum atomic E-state index is -0.398. The van der Waals surface area contributed by atoms with E-state index in [-0.39, 0.29) is 0 Å². The molecule has 10 aromatic rings. The van der Waals surface area contributed by atoms with E-state index in [2.05, 4.69) is 176 Å². The smallest absolute Gasteiger partial charge is 0.160 e. The molecule has 0 saturated carbocycles. The maximum atomic E-state index is 5.17. The average molecular weight is 761 g/mol. The molecule has 0 unspecified atom stereocenters. The van der Waals surface area contributed by atoms with E-state index >= 15 is 0 Å². The molecule has 0 bridgehead atoms. The van der Waals surface area contributed by atoms with Gasteiger partial charge >= 0.3 is 0 Å². The van der Waals surface area contributed by atoms with Gasteiger partial charge in [-0.05, 0) is 68.8 Å². The number of hydrogen-bond donors (Lipinski definition) is 0. The second kappa shape index (κ2) is 12.7. The zero-order valence-electron chi connectivity index (χ0n) is 30.7. The van der Waals surface area contributed by atoms with Gasteiger partial charge < -0.3 is 0 Å². The van der Waals surface area contributed by atoms with Crippen molar-refractivity contribution in [3.05, 3.63) is 216 Å². The van der Waals surface area contributed by atoms with E-state index in [4.69, 9.17) is 9.97 Å². The molecule has 0 amide bonds. The highest BCUT2D eigenvalue weighted by Gasteiger charge is 2.50. The summed E-state index contributed by atoms with van der Waals surface area (Å²) < 4.78 is 2.56. The van der Waals surface area contributed by atoms with Crippen LogP contribution in [0.5, 0.6) is 0 Å². The molecule has 0 fully saturated rings. The molecule has 1 spiro atoms. The Morgan fingerprint density at radius 3 is 1.74 bits per heavy atom. The Morgan fingerprint density at radius 1 is 0.368 bits per heavy atom. The van der Waals surface area contributed by atoms with Gasteiger partial charge in [0.1, 0.15) is 0 Å². The molecule has 2 aromatic heterocycles. The van der Waals surface area contributed by atoms with E-state index in [9.17, 15) is 0 Å². The van der Waals surface area contributed by atoms with Crippen LogP contribution in [0.25, 0.3) is 76.3 Å². The second-order valence-electron chi connectivity index (χ2n) is 14.8. The van der Waals surface area contributed by atoms with Crippen LogP contribution in [0.15, 0.2) is 204 Å². The molecule has 1 aliphatic heterocycles. The molecule has 0 radical (unpaired) electrons. The maximum Gasteiger partial charge on any atom is 0.160 e. The Balaban J connectivity index is 0.992. The van der Waals surface area contributed by atoms with Gasteiger partial charge in [0.25, 0.3) is 0 Å². The Kier molecular flexibility index (Phi) is 7.28. The van der Waals surface area contributed by atoms with Crippen molar-refractivity contribution in [3.8, 4) is 56.2 Å². The lowest BCUT2D eigenvalue weighted by Crippen LogP contribution is -2.32. The summed E-state index contributed by atoms with van der Waals surface area (Å²) in [5.74, 6) is 0.721. The fourth-order valence-electron chi connectivity index (χ4n) is 9.27. The van der Waals surface area contributed by atoms with E-state index in [0.29, 0.717) is 0 Å². The number of hydrogen-bond acceptors (Lipinski definition) is 4. The molecule has 0 atom stereocenters. The van der Waals surface area contributed by atoms with Crippen molar-refractivity contribution >= 4 is 43.3 Å². The lowest BCUT2D eigenvalue weighted by molar-refractivity contribution is 0.723. The van der Waals surface area contributed by atoms with E-state index in [1.807, 2.05) is 41.3 Å². The summed E-state index contributed by atoms with van der Waals surface area (Å²) >= 11 is 3.73. The largest absolute Gasteiger partial charge is 0.228 e. The Labute approximate surface area is 339 Å². The fourth-order valence-corrected chi connectivity index (χ4v) is 11.7. The lowest BCUT2D eigenvalue weighted by atomic mass is 9.67. The monoisotopic (exact) mass is 760 g/mol. The molecule has 4 heteroatoms. The summed E-state index contributed by atoms with van der Waals surface area (Å²) in [5.41, 5.74) is 15.0. The average Bonchev–Trinajstić information content (AvgIpc) is 3.80. The third-order valence-corrected chi connectivity index (χ3v) is 14.2. The number of aromatic nitrogens is 2. The van der Waals surface area contributed by atoms with Crippen LogP contribution in [0.4, 0.5) is 0 Å². The van der Waals surface area contributed by atoms with Crippen molar-refractivity contribution in [1.82, 2.24) is 9.97 Å². The Hall–Kier alpha value is -6.59. The highest BCUT2D eigenvalue weighted by atomic mass is 32.2. The summed E-state index contributed by atoms with van der Waals surface area (Å²) in [4.78, 5) is 12.9. The van der Waals surface area contributed by atoms with Crippen molar-refractivity contribution in [2.75, 3.05) is 0 Å². The first-order valence-corrected chi connectivity index (χ1v) is 20.9. The predicted octanol–water partition coefficient (Wildman–Crippen LogP) is 14.3. The third kappa shape index (κ3) is 4.91. The van der Waals surface area contributed by atoms with Crippen LogP contribution < -0.4 is 0 Å². The number of thiophene rings is 1. The van der Waals surface area contributed by atoms with Gasteiger partial charge in [-0.25, -0.2) is 9.97 Å². The van der Waals surface area contributed by atoms with Gasteiger partial charge in [-0.3, -0.25) is 0 Å². The van der Waals surface area contributed by atoms with Gasteiger partial charge in [0.05, 0.1) is 16.8 Å². The van der Waals surface area contributed by atoms with Crippen LogP contribution in [0, 0.1) is 0 Å². The summed E-state index contributed by atoms with van der Waals surface area (Å²) in [7, 11) is 0. The van der Waals surface area contributed by atoms with Gasteiger partial charge in [0.15, 0.2) is 5.82 Å². The molecule has 12 rings (SSSR count). The van der Waals surface area contributed by atoms with Crippen LogP contribution in [0.1, 0.15) is 22.3 Å². The van der Waals surface area contributed by atoms with Gasteiger partial charge in [-0.2, -0.15) is 0 Å². The quantitative estimate of drug-likeness (QED) is 0.179. The third-order valence-electron chi connectivity index (χ3n) is 11.8. The first kappa shape index (κ1) is 32.6. The summed E-state index contributed by atoms with van der Waals surface area (Å²) in [6, 6.07) is 70.7. The molecule has 3 heterocycles. The first-order chi connectivity index (χ1) is 28.2. The normalized spacial score (nSPS) is 13.3. The lowest BCUT2D eigenvalue weighted by Gasteiger charge is -2.40. The maximum absolute atomic E-state index is 5.17. The van der Waals surface area contributed by atoms with Crippen LogP contribution in [0.3, 0.4) is 0 Å². The van der Waals surface area contributed by atoms with Gasteiger partial charge in [0, 0.05) is 46.7 Å². The van der Waals surface area contributed by atoms with Gasteiger partial charge in [-0.1, -0.05) is 182 Å². The standard InChI is InChI=1S/C53H32N2S2/c1-2-13-35(14-3-1)52-54-46(32-47(55-52)36-29-30-41-40-17-6-10-23-48(40)56-50(41)31-36)34-27-25-33(26-28-34)37-18-12-22-45-51(37)57-49-24-11-9-21-44(49)53(45)42-19-7-4-15-38(42)39-16-5-8-20-43(39)53/h1-32H. The Morgan fingerprint density at radius 2 is 0.947 bits per heavy atom. The van der Waals surface area contributed by atoms with Crippen LogP contribution in [0.2, 0.25) is 0 Å². The van der Waals surface area contributed by atoms with Crippen molar-refractivity contribution in [3.63, 3.8) is 0 Å². The minimum absolute atomic E-state index is 0.398. The van der Waals surface area contributed by atoms with E-state index in [1.54, 1.807) is 0 Å². The zero-order chi connectivity index (χ0) is 37.5. The molecule has 266 valence electrons. The minimum Gasteiger partial charge on any atom is -0.228 e. The van der Waals surface area contributed by atoms with Crippen LogP contribution in [-0.2, 0) is 5.41 Å². The molecule has 0 N–H and O–H groups in total. The zero-order valence-corrected chi connectivity index (χ0v) is 32.3.